The predicted molar refractivity (Wildman–Crippen MR) is 90.2 cm³/mol. The lowest BCUT2D eigenvalue weighted by Gasteiger charge is -2.09. The second kappa shape index (κ2) is 7.74. The van der Waals surface area contributed by atoms with Crippen molar-refractivity contribution in [1.29, 1.82) is 0 Å². The van der Waals surface area contributed by atoms with E-state index in [-0.39, 0.29) is 13.2 Å². The van der Waals surface area contributed by atoms with Crippen LogP contribution in [0.2, 0.25) is 0 Å². The molecule has 3 N–H and O–H groups in total. The van der Waals surface area contributed by atoms with Gasteiger partial charge in [-0.2, -0.15) is 5.10 Å². The van der Waals surface area contributed by atoms with E-state index in [4.69, 9.17) is 0 Å². The van der Waals surface area contributed by atoms with Crippen molar-refractivity contribution in [2.24, 2.45) is 0 Å². The zero-order chi connectivity index (χ0) is 17.7. The summed E-state index contributed by atoms with van der Waals surface area (Å²) in [6, 6.07) is 7.18. The molecule has 0 saturated heterocycles. The number of carbonyl (C=O) groups excluding carboxylic acids is 2. The molecule has 0 aliphatic heterocycles. The van der Waals surface area contributed by atoms with Crippen LogP contribution in [0.25, 0.3) is 0 Å². The highest BCUT2D eigenvalue weighted by Crippen LogP contribution is 2.19. The van der Waals surface area contributed by atoms with Gasteiger partial charge in [0.15, 0.2) is 0 Å². The van der Waals surface area contributed by atoms with E-state index in [1.165, 1.54) is 0 Å². The van der Waals surface area contributed by atoms with E-state index in [9.17, 15) is 14.7 Å². The summed E-state index contributed by atoms with van der Waals surface area (Å²) >= 11 is 0. The van der Waals surface area contributed by atoms with Crippen LogP contribution in [0.1, 0.15) is 29.4 Å². The first-order chi connectivity index (χ1) is 11.5. The molecule has 1 aromatic carbocycles. The smallest absolute Gasteiger partial charge is 0.313 e. The fourth-order valence-electron chi connectivity index (χ4n) is 2.50. The molecule has 7 nitrogen and oxygen atoms in total. The zero-order valence-electron chi connectivity index (χ0n) is 14.1. The summed E-state index contributed by atoms with van der Waals surface area (Å²) < 4.78 is 1.76. The van der Waals surface area contributed by atoms with Gasteiger partial charge in [-0.15, -0.1) is 0 Å². The molecule has 24 heavy (non-hydrogen) atoms. The first-order valence-electron chi connectivity index (χ1n) is 7.78. The van der Waals surface area contributed by atoms with Crippen molar-refractivity contribution >= 4 is 17.5 Å². The Morgan fingerprint density at radius 1 is 1.17 bits per heavy atom. The van der Waals surface area contributed by atoms with Gasteiger partial charge in [0.2, 0.25) is 0 Å². The first kappa shape index (κ1) is 17.7. The molecule has 0 fully saturated rings. The van der Waals surface area contributed by atoms with Crippen LogP contribution in [0.4, 0.5) is 5.69 Å². The van der Waals surface area contributed by atoms with Crippen molar-refractivity contribution in [2.75, 3.05) is 5.32 Å². The second-order valence-corrected chi connectivity index (χ2v) is 5.43. The highest BCUT2D eigenvalue weighted by atomic mass is 16.3. The van der Waals surface area contributed by atoms with Crippen LogP contribution in [-0.4, -0.2) is 26.7 Å². The number of anilines is 1. The van der Waals surface area contributed by atoms with Crippen LogP contribution in [0.15, 0.2) is 24.3 Å². The van der Waals surface area contributed by atoms with Gasteiger partial charge in [0.1, 0.15) is 0 Å². The fourth-order valence-corrected chi connectivity index (χ4v) is 2.50. The lowest BCUT2D eigenvalue weighted by atomic mass is 10.1. The number of amides is 2. The molecule has 1 aromatic heterocycles. The summed E-state index contributed by atoms with van der Waals surface area (Å²) in [4.78, 5) is 24.1. The molecule has 128 valence electrons. The van der Waals surface area contributed by atoms with Crippen LogP contribution in [0.5, 0.6) is 0 Å². The van der Waals surface area contributed by atoms with Gasteiger partial charge in [0.05, 0.1) is 23.7 Å². The summed E-state index contributed by atoms with van der Waals surface area (Å²) in [7, 11) is 0. The van der Waals surface area contributed by atoms with Gasteiger partial charge < -0.3 is 15.7 Å². The van der Waals surface area contributed by atoms with Gasteiger partial charge >= 0.3 is 11.8 Å². The summed E-state index contributed by atoms with van der Waals surface area (Å²) in [6.45, 7) is 6.32. The average molecular weight is 330 g/mol. The third-order valence-corrected chi connectivity index (χ3v) is 3.85. The number of carbonyl (C=O) groups is 2. The quantitative estimate of drug-likeness (QED) is 0.719. The molecular formula is C17H22N4O3. The van der Waals surface area contributed by atoms with E-state index in [1.807, 2.05) is 19.9 Å². The number of aliphatic hydroxyl groups excluding tert-OH is 1. The highest BCUT2D eigenvalue weighted by Gasteiger charge is 2.18. The van der Waals surface area contributed by atoms with E-state index in [2.05, 4.69) is 15.7 Å². The predicted octanol–water partition coefficient (Wildman–Crippen LogP) is 1.27. The maximum atomic E-state index is 12.1. The number of benzene rings is 1. The van der Waals surface area contributed by atoms with Crippen molar-refractivity contribution in [3.8, 4) is 0 Å². The van der Waals surface area contributed by atoms with Crippen LogP contribution < -0.4 is 10.6 Å². The largest absolute Gasteiger partial charge is 0.392 e. The number of hydrogen-bond acceptors (Lipinski definition) is 4. The number of nitrogens with zero attached hydrogens (tertiary/aromatic N) is 2. The molecule has 1 heterocycles. The van der Waals surface area contributed by atoms with Crippen LogP contribution >= 0.6 is 0 Å². The standard InChI is InChI=1S/C17H22N4O3/c1-4-21-12(3)15(11(2)20-21)19-17(24)16(23)18-9-13-7-5-6-8-14(13)10-22/h5-8,22H,4,9-10H2,1-3H3,(H,18,23)(H,19,24). The molecule has 2 aromatic rings. The molecule has 0 radical (unpaired) electrons. The number of nitrogens with one attached hydrogen (secondary N) is 2. The molecule has 0 atom stereocenters. The zero-order valence-corrected chi connectivity index (χ0v) is 14.1. The Labute approximate surface area is 140 Å². The van der Waals surface area contributed by atoms with Crippen molar-refractivity contribution in [3.63, 3.8) is 0 Å². The Balaban J connectivity index is 2.00. The van der Waals surface area contributed by atoms with Crippen LogP contribution in [-0.2, 0) is 29.3 Å². The minimum atomic E-state index is -0.738. The van der Waals surface area contributed by atoms with E-state index in [1.54, 1.807) is 29.8 Å². The van der Waals surface area contributed by atoms with Crippen molar-refractivity contribution < 1.29 is 14.7 Å². The minimum absolute atomic E-state index is 0.118. The van der Waals surface area contributed by atoms with Crippen molar-refractivity contribution in [2.45, 2.75) is 40.5 Å². The summed E-state index contributed by atoms with van der Waals surface area (Å²) in [6.07, 6.45) is 0. The summed E-state index contributed by atoms with van der Waals surface area (Å²) in [5.41, 5.74) is 3.53. The number of aromatic nitrogens is 2. The van der Waals surface area contributed by atoms with Gasteiger partial charge in [0, 0.05) is 13.1 Å². The minimum Gasteiger partial charge on any atom is -0.392 e. The topological polar surface area (TPSA) is 96.2 Å². The molecule has 7 heteroatoms. The van der Waals surface area contributed by atoms with Gasteiger partial charge in [-0.25, -0.2) is 0 Å². The van der Waals surface area contributed by atoms with Gasteiger partial charge in [-0.3, -0.25) is 14.3 Å². The van der Waals surface area contributed by atoms with E-state index in [0.29, 0.717) is 23.5 Å². The fraction of sp³-hybridized carbons (Fsp3) is 0.353. The van der Waals surface area contributed by atoms with Gasteiger partial charge in [0.25, 0.3) is 0 Å². The van der Waals surface area contributed by atoms with Crippen molar-refractivity contribution in [1.82, 2.24) is 15.1 Å². The van der Waals surface area contributed by atoms with Crippen LogP contribution in [0, 0.1) is 13.8 Å². The van der Waals surface area contributed by atoms with Gasteiger partial charge in [-0.05, 0) is 31.9 Å². The van der Waals surface area contributed by atoms with E-state index < -0.39 is 11.8 Å². The van der Waals surface area contributed by atoms with E-state index in [0.717, 1.165) is 11.3 Å². The average Bonchev–Trinajstić information content (AvgIpc) is 2.87. The lowest BCUT2D eigenvalue weighted by Crippen LogP contribution is -2.35. The number of hydrogen-bond donors (Lipinski definition) is 3. The Morgan fingerprint density at radius 2 is 1.83 bits per heavy atom. The highest BCUT2D eigenvalue weighted by molar-refractivity contribution is 6.39. The number of aliphatic hydroxyl groups is 1. The summed E-state index contributed by atoms with van der Waals surface area (Å²) in [5, 5.41) is 18.8. The third-order valence-electron chi connectivity index (χ3n) is 3.85. The Kier molecular flexibility index (Phi) is 5.70. The Morgan fingerprint density at radius 3 is 2.42 bits per heavy atom. The van der Waals surface area contributed by atoms with Gasteiger partial charge in [-0.1, -0.05) is 24.3 Å². The maximum absolute atomic E-state index is 12.1. The molecule has 0 saturated carbocycles. The van der Waals surface area contributed by atoms with Crippen LogP contribution in [0.3, 0.4) is 0 Å². The maximum Gasteiger partial charge on any atom is 0.313 e. The monoisotopic (exact) mass is 330 g/mol. The molecule has 0 aliphatic rings. The van der Waals surface area contributed by atoms with E-state index >= 15 is 0 Å². The normalized spacial score (nSPS) is 10.5. The number of rotatable bonds is 5. The molecule has 2 amide bonds. The SMILES string of the molecule is CCn1nc(C)c(NC(=O)C(=O)NCc2ccccc2CO)c1C. The molecule has 0 unspecified atom stereocenters. The Hall–Kier alpha value is -2.67. The Bertz CT molecular complexity index is 752. The molecular weight excluding hydrogens is 308 g/mol. The lowest BCUT2D eigenvalue weighted by molar-refractivity contribution is -0.136. The molecule has 0 spiro atoms. The second-order valence-electron chi connectivity index (χ2n) is 5.43. The third kappa shape index (κ3) is 3.80. The first-order valence-corrected chi connectivity index (χ1v) is 7.78. The summed E-state index contributed by atoms with van der Waals surface area (Å²) in [5.74, 6) is -1.47. The van der Waals surface area contributed by atoms with Crippen molar-refractivity contribution in [3.05, 3.63) is 46.8 Å². The molecule has 0 bridgehead atoms. The molecule has 2 rings (SSSR count). The number of aryl methyl sites for hydroxylation is 2. The molecule has 0 aliphatic carbocycles.